The Kier molecular flexibility index (Phi) is 6.50. The Labute approximate surface area is 194 Å². The van der Waals surface area contributed by atoms with Gasteiger partial charge in [0.25, 0.3) is 0 Å². The summed E-state index contributed by atoms with van der Waals surface area (Å²) in [6.45, 7) is 2.02. The number of hydrogen-bond acceptors (Lipinski definition) is 6. The first-order valence-electron chi connectivity index (χ1n) is 9.60. The molecule has 7 nitrogen and oxygen atoms in total. The van der Waals surface area contributed by atoms with Crippen molar-refractivity contribution in [3.8, 4) is 23.1 Å². The molecule has 0 saturated heterocycles. The minimum absolute atomic E-state index is 0.123. The molecular formula is C23H17ClN6OS. The van der Waals surface area contributed by atoms with Gasteiger partial charge in [0.05, 0.1) is 16.3 Å². The van der Waals surface area contributed by atoms with Crippen LogP contribution < -0.4 is 5.32 Å². The number of nitrogens with one attached hydrogen (secondary N) is 1. The summed E-state index contributed by atoms with van der Waals surface area (Å²) in [6.07, 6.45) is 3.40. The molecule has 4 aromatic rings. The number of anilines is 1. The van der Waals surface area contributed by atoms with E-state index in [4.69, 9.17) is 16.9 Å². The van der Waals surface area contributed by atoms with Crippen molar-refractivity contribution < 1.29 is 4.79 Å². The van der Waals surface area contributed by atoms with Gasteiger partial charge in [0.1, 0.15) is 6.07 Å². The normalized spacial score (nSPS) is 10.5. The monoisotopic (exact) mass is 460 g/mol. The van der Waals surface area contributed by atoms with Crippen molar-refractivity contribution in [3.05, 3.63) is 83.1 Å². The number of benzene rings is 2. The minimum atomic E-state index is -0.223. The first-order valence-corrected chi connectivity index (χ1v) is 11.0. The van der Waals surface area contributed by atoms with Crippen molar-refractivity contribution in [3.63, 3.8) is 0 Å². The Hall–Kier alpha value is -3.67. The molecule has 1 N–H and O–H groups in total. The molecule has 158 valence electrons. The number of carbonyl (C=O) groups excluding carboxylic acids is 1. The Morgan fingerprint density at radius 3 is 2.56 bits per heavy atom. The van der Waals surface area contributed by atoms with Gasteiger partial charge in [0.2, 0.25) is 5.91 Å². The van der Waals surface area contributed by atoms with E-state index in [1.165, 1.54) is 11.8 Å². The van der Waals surface area contributed by atoms with Crippen LogP contribution in [0.5, 0.6) is 0 Å². The van der Waals surface area contributed by atoms with E-state index in [9.17, 15) is 4.79 Å². The van der Waals surface area contributed by atoms with E-state index in [-0.39, 0.29) is 11.7 Å². The molecular weight excluding hydrogens is 444 g/mol. The molecule has 0 aliphatic rings. The van der Waals surface area contributed by atoms with Crippen LogP contribution in [0.1, 0.15) is 11.1 Å². The molecule has 0 aliphatic heterocycles. The highest BCUT2D eigenvalue weighted by Crippen LogP contribution is 2.28. The van der Waals surface area contributed by atoms with Gasteiger partial charge in [-0.15, -0.1) is 10.2 Å². The number of aryl methyl sites for hydroxylation is 1. The first-order chi connectivity index (χ1) is 15.5. The smallest absolute Gasteiger partial charge is 0.234 e. The fraction of sp³-hybridized carbons (Fsp3) is 0.0870. The van der Waals surface area contributed by atoms with Gasteiger partial charge >= 0.3 is 0 Å². The van der Waals surface area contributed by atoms with E-state index in [1.54, 1.807) is 30.6 Å². The maximum absolute atomic E-state index is 12.5. The molecule has 0 radical (unpaired) electrons. The van der Waals surface area contributed by atoms with Crippen molar-refractivity contribution >= 4 is 35.0 Å². The van der Waals surface area contributed by atoms with Crippen molar-refractivity contribution in [1.29, 1.82) is 5.26 Å². The Balaban J connectivity index is 1.56. The Morgan fingerprint density at radius 1 is 1.12 bits per heavy atom. The number of carbonyl (C=O) groups is 1. The van der Waals surface area contributed by atoms with Gasteiger partial charge < -0.3 is 5.32 Å². The highest BCUT2D eigenvalue weighted by atomic mass is 35.5. The summed E-state index contributed by atoms with van der Waals surface area (Å²) >= 11 is 7.32. The zero-order valence-electron chi connectivity index (χ0n) is 17.0. The zero-order valence-corrected chi connectivity index (χ0v) is 18.6. The second-order valence-corrected chi connectivity index (χ2v) is 8.21. The second kappa shape index (κ2) is 9.64. The highest BCUT2D eigenvalue weighted by Gasteiger charge is 2.17. The van der Waals surface area contributed by atoms with E-state index >= 15 is 0 Å². The fourth-order valence-corrected chi connectivity index (χ4v) is 3.96. The van der Waals surface area contributed by atoms with E-state index in [0.717, 1.165) is 16.8 Å². The molecule has 2 aromatic heterocycles. The lowest BCUT2D eigenvalue weighted by Crippen LogP contribution is -2.14. The highest BCUT2D eigenvalue weighted by molar-refractivity contribution is 7.99. The van der Waals surface area contributed by atoms with Crippen LogP contribution in [-0.2, 0) is 4.79 Å². The van der Waals surface area contributed by atoms with Crippen LogP contribution in [0.3, 0.4) is 0 Å². The molecule has 1 amide bonds. The number of nitriles is 1. The molecule has 0 aliphatic carbocycles. The van der Waals surface area contributed by atoms with Gasteiger partial charge in [0, 0.05) is 29.3 Å². The molecule has 0 spiro atoms. The van der Waals surface area contributed by atoms with E-state index in [1.807, 2.05) is 54.0 Å². The molecule has 4 rings (SSSR count). The predicted molar refractivity (Wildman–Crippen MR) is 125 cm³/mol. The van der Waals surface area contributed by atoms with E-state index < -0.39 is 0 Å². The summed E-state index contributed by atoms with van der Waals surface area (Å²) in [5, 5.41) is 21.3. The number of nitrogens with zero attached hydrogens (tertiary/aromatic N) is 5. The molecule has 0 unspecified atom stereocenters. The molecule has 0 saturated carbocycles. The number of amides is 1. The summed E-state index contributed by atoms with van der Waals surface area (Å²) < 4.78 is 1.92. The predicted octanol–water partition coefficient (Wildman–Crippen LogP) is 4.89. The van der Waals surface area contributed by atoms with Crippen molar-refractivity contribution in [2.24, 2.45) is 0 Å². The lowest BCUT2D eigenvalue weighted by molar-refractivity contribution is -0.113. The van der Waals surface area contributed by atoms with Gasteiger partial charge in [-0.05, 0) is 49.4 Å². The Morgan fingerprint density at radius 2 is 1.88 bits per heavy atom. The van der Waals surface area contributed by atoms with Gasteiger partial charge in [-0.25, -0.2) is 0 Å². The van der Waals surface area contributed by atoms with Crippen molar-refractivity contribution in [2.45, 2.75) is 12.1 Å². The minimum Gasteiger partial charge on any atom is -0.325 e. The number of aromatic nitrogens is 4. The first kappa shape index (κ1) is 21.6. The second-order valence-electron chi connectivity index (χ2n) is 6.86. The molecule has 9 heteroatoms. The van der Waals surface area contributed by atoms with Crippen LogP contribution in [0.2, 0.25) is 5.02 Å². The van der Waals surface area contributed by atoms with Gasteiger partial charge in [0.15, 0.2) is 11.0 Å². The summed E-state index contributed by atoms with van der Waals surface area (Å²) in [5.41, 5.74) is 3.79. The van der Waals surface area contributed by atoms with Crippen LogP contribution in [0, 0.1) is 18.3 Å². The largest absolute Gasteiger partial charge is 0.325 e. The number of thioether (sulfide) groups is 1. The maximum atomic E-state index is 12.5. The lowest BCUT2D eigenvalue weighted by Gasteiger charge is -2.11. The number of rotatable bonds is 6. The third kappa shape index (κ3) is 4.80. The van der Waals surface area contributed by atoms with Gasteiger partial charge in [-0.2, -0.15) is 5.26 Å². The Bertz CT molecular complexity index is 1300. The quantitative estimate of drug-likeness (QED) is 0.411. The van der Waals surface area contributed by atoms with Crippen LogP contribution in [0.15, 0.2) is 72.1 Å². The van der Waals surface area contributed by atoms with Crippen LogP contribution in [-0.4, -0.2) is 31.4 Å². The average molecular weight is 461 g/mol. The van der Waals surface area contributed by atoms with E-state index in [2.05, 4.69) is 20.5 Å². The van der Waals surface area contributed by atoms with Crippen LogP contribution >= 0.6 is 23.4 Å². The topological polar surface area (TPSA) is 96.5 Å². The lowest BCUT2D eigenvalue weighted by atomic mass is 10.2. The van der Waals surface area contributed by atoms with Gasteiger partial charge in [-0.3, -0.25) is 14.3 Å². The van der Waals surface area contributed by atoms with Crippen molar-refractivity contribution in [2.75, 3.05) is 11.1 Å². The third-order valence-corrected chi connectivity index (χ3v) is 5.81. The summed E-state index contributed by atoms with van der Waals surface area (Å²) in [7, 11) is 0. The summed E-state index contributed by atoms with van der Waals surface area (Å²) in [4.78, 5) is 16.6. The summed E-state index contributed by atoms with van der Waals surface area (Å²) in [5.74, 6) is 0.565. The molecule has 2 aromatic carbocycles. The third-order valence-electron chi connectivity index (χ3n) is 4.57. The molecule has 0 atom stereocenters. The standard InChI is InChI=1S/C23H17ClN6OS/c1-15-2-6-19(7-3-15)30-22(16-8-10-26-11-9-16)28-29-23(30)32-14-21(31)27-18-5-4-17(13-25)20(24)12-18/h2-12H,14H2,1H3,(H,27,31). The molecule has 0 bridgehead atoms. The van der Waals surface area contributed by atoms with E-state index in [0.29, 0.717) is 27.3 Å². The zero-order chi connectivity index (χ0) is 22.5. The maximum Gasteiger partial charge on any atom is 0.234 e. The molecule has 32 heavy (non-hydrogen) atoms. The number of hydrogen-bond donors (Lipinski definition) is 1. The number of pyridine rings is 1. The van der Waals surface area contributed by atoms with Gasteiger partial charge in [-0.1, -0.05) is 41.1 Å². The van der Waals surface area contributed by atoms with Crippen LogP contribution in [0.4, 0.5) is 5.69 Å². The van der Waals surface area contributed by atoms with Crippen molar-refractivity contribution in [1.82, 2.24) is 19.7 Å². The van der Waals surface area contributed by atoms with Crippen LogP contribution in [0.25, 0.3) is 17.1 Å². The molecule has 2 heterocycles. The molecule has 0 fully saturated rings. The summed E-state index contributed by atoms with van der Waals surface area (Å²) in [6, 6.07) is 18.5. The SMILES string of the molecule is Cc1ccc(-n2c(SCC(=O)Nc3ccc(C#N)c(Cl)c3)nnc2-c2ccncc2)cc1. The number of halogens is 1. The fourth-order valence-electron chi connectivity index (χ4n) is 2.99. The average Bonchev–Trinajstić information content (AvgIpc) is 3.23.